The van der Waals surface area contributed by atoms with Crippen LogP contribution in [0.5, 0.6) is 0 Å². The van der Waals surface area contributed by atoms with E-state index >= 15 is 0 Å². The van der Waals surface area contributed by atoms with Gasteiger partial charge >= 0.3 is 0 Å². The Hall–Kier alpha value is -0.850. The highest BCUT2D eigenvalue weighted by Crippen LogP contribution is 2.24. The zero-order chi connectivity index (χ0) is 12.1. The highest BCUT2D eigenvalue weighted by atomic mass is 14.7. The molecule has 1 aromatic rings. The first kappa shape index (κ1) is 13.2. The second-order valence-corrected chi connectivity index (χ2v) is 4.88. The summed E-state index contributed by atoms with van der Waals surface area (Å²) in [7, 11) is 0. The van der Waals surface area contributed by atoms with Gasteiger partial charge in [-0.2, -0.15) is 0 Å². The molecule has 1 heterocycles. The van der Waals surface area contributed by atoms with Crippen molar-refractivity contribution in [1.82, 2.24) is 4.98 Å². The van der Waals surface area contributed by atoms with E-state index < -0.39 is 0 Å². The fourth-order valence-electron chi connectivity index (χ4n) is 2.32. The Bertz CT molecular complexity index is 340. The van der Waals surface area contributed by atoms with E-state index in [0.29, 0.717) is 5.92 Å². The van der Waals surface area contributed by atoms with Crippen molar-refractivity contribution in [3.05, 3.63) is 28.6 Å². The lowest BCUT2D eigenvalue weighted by Crippen LogP contribution is -2.05. The normalized spacial score (nSPS) is 11.1. The second kappa shape index (κ2) is 6.03. The van der Waals surface area contributed by atoms with Crippen LogP contribution in [-0.4, -0.2) is 4.98 Å². The summed E-state index contributed by atoms with van der Waals surface area (Å²) in [6, 6.07) is 0. The van der Waals surface area contributed by atoms with E-state index in [1.165, 1.54) is 35.2 Å². The van der Waals surface area contributed by atoms with Gasteiger partial charge in [0.15, 0.2) is 0 Å². The molecule has 1 aromatic heterocycles. The maximum absolute atomic E-state index is 4.67. The van der Waals surface area contributed by atoms with Gasteiger partial charge in [-0.3, -0.25) is 4.98 Å². The minimum atomic E-state index is 0.582. The molecule has 0 bridgehead atoms. The molecule has 0 aliphatic heterocycles. The van der Waals surface area contributed by atoms with Crippen molar-refractivity contribution < 1.29 is 0 Å². The average Bonchev–Trinajstić information content (AvgIpc) is 2.25. The fraction of sp³-hybridized carbons (Fsp3) is 0.667. The van der Waals surface area contributed by atoms with E-state index in [1.54, 1.807) is 0 Å². The number of pyridine rings is 1. The molecule has 0 N–H and O–H groups in total. The third-order valence-electron chi connectivity index (χ3n) is 3.34. The van der Waals surface area contributed by atoms with Crippen LogP contribution in [0.15, 0.2) is 6.20 Å². The molecule has 90 valence electrons. The molecule has 0 spiro atoms. The molecule has 16 heavy (non-hydrogen) atoms. The minimum Gasteiger partial charge on any atom is -0.261 e. The van der Waals surface area contributed by atoms with E-state index in [-0.39, 0.29) is 0 Å². The maximum atomic E-state index is 4.67. The maximum Gasteiger partial charge on any atom is 0.0438 e. The molecule has 1 nitrogen and oxygen atoms in total. The second-order valence-electron chi connectivity index (χ2n) is 4.88. The predicted octanol–water partition coefficient (Wildman–Crippen LogP) is 4.42. The molecule has 0 saturated heterocycles. The van der Waals surface area contributed by atoms with Crippen molar-refractivity contribution in [3.8, 4) is 0 Å². The van der Waals surface area contributed by atoms with Gasteiger partial charge in [0, 0.05) is 11.9 Å². The summed E-state index contributed by atoms with van der Waals surface area (Å²) < 4.78 is 0. The first-order valence-electron chi connectivity index (χ1n) is 6.59. The van der Waals surface area contributed by atoms with Crippen molar-refractivity contribution >= 4 is 0 Å². The number of aromatic nitrogens is 1. The Labute approximate surface area is 100 Å². The molecule has 0 fully saturated rings. The number of hydrogen-bond acceptors (Lipinski definition) is 1. The summed E-state index contributed by atoms with van der Waals surface area (Å²) in [6.07, 6.45) is 6.83. The molecule has 0 radical (unpaired) electrons. The summed E-state index contributed by atoms with van der Waals surface area (Å²) in [4.78, 5) is 4.67. The fourth-order valence-corrected chi connectivity index (χ4v) is 2.32. The number of rotatable bonds is 5. The molecule has 0 aromatic carbocycles. The van der Waals surface area contributed by atoms with Crippen LogP contribution in [0.2, 0.25) is 0 Å². The highest BCUT2D eigenvalue weighted by molar-refractivity contribution is 5.37. The van der Waals surface area contributed by atoms with Crippen molar-refractivity contribution in [2.45, 2.75) is 66.2 Å². The summed E-state index contributed by atoms with van der Waals surface area (Å²) in [6.45, 7) is 11.2. The smallest absolute Gasteiger partial charge is 0.0438 e. The van der Waals surface area contributed by atoms with Crippen LogP contribution in [0.4, 0.5) is 0 Å². The molecular formula is C15H25N. The first-order chi connectivity index (χ1) is 7.61. The summed E-state index contributed by atoms with van der Waals surface area (Å²) >= 11 is 0. The van der Waals surface area contributed by atoms with Gasteiger partial charge < -0.3 is 0 Å². The van der Waals surface area contributed by atoms with Crippen molar-refractivity contribution in [2.75, 3.05) is 0 Å². The molecule has 0 amide bonds. The predicted molar refractivity (Wildman–Crippen MR) is 71.1 cm³/mol. The largest absolute Gasteiger partial charge is 0.261 e. The Morgan fingerprint density at radius 1 is 1.25 bits per heavy atom. The lowest BCUT2D eigenvalue weighted by Gasteiger charge is -2.16. The van der Waals surface area contributed by atoms with Crippen LogP contribution in [-0.2, 0) is 12.8 Å². The van der Waals surface area contributed by atoms with Crippen LogP contribution in [0.1, 0.15) is 68.8 Å². The zero-order valence-corrected chi connectivity index (χ0v) is 11.4. The van der Waals surface area contributed by atoms with Crippen molar-refractivity contribution in [2.24, 2.45) is 0 Å². The van der Waals surface area contributed by atoms with Gasteiger partial charge in [-0.15, -0.1) is 0 Å². The first-order valence-corrected chi connectivity index (χ1v) is 6.59. The molecule has 0 unspecified atom stereocenters. The minimum absolute atomic E-state index is 0.582. The van der Waals surface area contributed by atoms with Crippen LogP contribution in [0.3, 0.4) is 0 Å². The van der Waals surface area contributed by atoms with Crippen LogP contribution < -0.4 is 0 Å². The third kappa shape index (κ3) is 2.84. The number of hydrogen-bond donors (Lipinski definition) is 0. The third-order valence-corrected chi connectivity index (χ3v) is 3.34. The Balaban J connectivity index is 3.08. The standard InChI is InChI=1S/C15H25N/c1-6-8-9-15-13(7-2)12(5)14(10-16-15)11(3)4/h10-11H,6-9H2,1-5H3. The van der Waals surface area contributed by atoms with Crippen molar-refractivity contribution in [3.63, 3.8) is 0 Å². The number of unbranched alkanes of at least 4 members (excludes halogenated alkanes) is 1. The van der Waals surface area contributed by atoms with E-state index in [4.69, 9.17) is 0 Å². The van der Waals surface area contributed by atoms with E-state index in [0.717, 1.165) is 12.8 Å². The van der Waals surface area contributed by atoms with Gasteiger partial charge in [0.1, 0.15) is 0 Å². The Morgan fingerprint density at radius 3 is 2.44 bits per heavy atom. The van der Waals surface area contributed by atoms with Gasteiger partial charge in [0.05, 0.1) is 0 Å². The van der Waals surface area contributed by atoms with Crippen LogP contribution >= 0.6 is 0 Å². The summed E-state index contributed by atoms with van der Waals surface area (Å²) in [5.74, 6) is 0.582. The van der Waals surface area contributed by atoms with E-state index in [1.807, 2.05) is 0 Å². The van der Waals surface area contributed by atoms with E-state index in [9.17, 15) is 0 Å². The van der Waals surface area contributed by atoms with Gasteiger partial charge in [-0.25, -0.2) is 0 Å². The number of aryl methyl sites for hydroxylation is 1. The molecule has 0 saturated carbocycles. The summed E-state index contributed by atoms with van der Waals surface area (Å²) in [5, 5.41) is 0. The molecule has 0 aliphatic rings. The quantitative estimate of drug-likeness (QED) is 0.714. The van der Waals surface area contributed by atoms with Crippen molar-refractivity contribution in [1.29, 1.82) is 0 Å². The lowest BCUT2D eigenvalue weighted by molar-refractivity contribution is 0.754. The molecule has 0 aliphatic carbocycles. The molecule has 0 atom stereocenters. The van der Waals surface area contributed by atoms with Crippen LogP contribution in [0.25, 0.3) is 0 Å². The monoisotopic (exact) mass is 219 g/mol. The molecular weight excluding hydrogens is 194 g/mol. The summed E-state index contributed by atoms with van der Waals surface area (Å²) in [5.41, 5.74) is 5.70. The number of nitrogens with zero attached hydrogens (tertiary/aromatic N) is 1. The highest BCUT2D eigenvalue weighted by Gasteiger charge is 2.11. The van der Waals surface area contributed by atoms with Crippen LogP contribution in [0, 0.1) is 6.92 Å². The van der Waals surface area contributed by atoms with Gasteiger partial charge in [-0.05, 0) is 48.8 Å². The SMILES string of the molecule is CCCCc1ncc(C(C)C)c(C)c1CC. The Kier molecular flexibility index (Phi) is 4.98. The van der Waals surface area contributed by atoms with Gasteiger partial charge in [0.2, 0.25) is 0 Å². The molecule has 1 rings (SSSR count). The zero-order valence-electron chi connectivity index (χ0n) is 11.4. The Morgan fingerprint density at radius 2 is 1.94 bits per heavy atom. The van der Waals surface area contributed by atoms with Gasteiger partial charge in [0.25, 0.3) is 0 Å². The topological polar surface area (TPSA) is 12.9 Å². The lowest BCUT2D eigenvalue weighted by atomic mass is 9.93. The van der Waals surface area contributed by atoms with E-state index in [2.05, 4.69) is 45.8 Å². The average molecular weight is 219 g/mol. The molecule has 1 heteroatoms. The van der Waals surface area contributed by atoms with Gasteiger partial charge in [-0.1, -0.05) is 34.1 Å².